The Hall–Kier alpha value is -1.42. The first-order valence-electron chi connectivity index (χ1n) is 7.02. The number of hydrogen-bond acceptors (Lipinski definition) is 2. The third-order valence-corrected chi connectivity index (χ3v) is 3.11. The molecule has 1 unspecified atom stereocenters. The summed E-state index contributed by atoms with van der Waals surface area (Å²) in [7, 11) is 3.93. The average molecular weight is 280 g/mol. The van der Waals surface area contributed by atoms with Crippen LogP contribution in [0.25, 0.3) is 0 Å². The minimum Gasteiger partial charge on any atom is -0.348 e. The molecule has 1 N–H and O–H groups in total. The SMILES string of the molecule is Cc1cccc(C(=O)NC(CC(C)C)CN(C)C)c1F. The van der Waals surface area contributed by atoms with Crippen molar-refractivity contribution >= 4 is 5.91 Å². The molecular formula is C16H25FN2O. The van der Waals surface area contributed by atoms with E-state index in [2.05, 4.69) is 19.2 Å². The standard InChI is InChI=1S/C16H25FN2O/c1-11(2)9-13(10-19(4)5)18-16(20)14-8-6-7-12(3)15(14)17/h6-8,11,13H,9-10H2,1-5H3,(H,18,20). The van der Waals surface area contributed by atoms with E-state index in [9.17, 15) is 9.18 Å². The van der Waals surface area contributed by atoms with Crippen LogP contribution in [0.5, 0.6) is 0 Å². The quantitative estimate of drug-likeness (QED) is 0.869. The first kappa shape index (κ1) is 16.6. The summed E-state index contributed by atoms with van der Waals surface area (Å²) in [6, 6.07) is 4.92. The molecule has 1 aromatic carbocycles. The van der Waals surface area contributed by atoms with Crippen molar-refractivity contribution in [2.75, 3.05) is 20.6 Å². The van der Waals surface area contributed by atoms with Crippen LogP contribution >= 0.6 is 0 Å². The van der Waals surface area contributed by atoms with Crippen LogP contribution in [0, 0.1) is 18.7 Å². The zero-order chi connectivity index (χ0) is 15.3. The maximum atomic E-state index is 14.0. The van der Waals surface area contributed by atoms with Gasteiger partial charge < -0.3 is 10.2 Å². The number of benzene rings is 1. The summed E-state index contributed by atoms with van der Waals surface area (Å²) < 4.78 is 14.0. The van der Waals surface area contributed by atoms with Gasteiger partial charge in [-0.1, -0.05) is 26.0 Å². The van der Waals surface area contributed by atoms with Crippen molar-refractivity contribution in [3.05, 3.63) is 35.1 Å². The van der Waals surface area contributed by atoms with Gasteiger partial charge in [-0.25, -0.2) is 4.39 Å². The second-order valence-electron chi connectivity index (χ2n) is 6.00. The van der Waals surface area contributed by atoms with E-state index in [0.717, 1.165) is 13.0 Å². The average Bonchev–Trinajstić information content (AvgIpc) is 2.30. The lowest BCUT2D eigenvalue weighted by molar-refractivity contribution is 0.0920. The van der Waals surface area contributed by atoms with Crippen molar-refractivity contribution in [1.29, 1.82) is 0 Å². The Bertz CT molecular complexity index is 448. The molecule has 0 bridgehead atoms. The molecule has 112 valence electrons. The first-order valence-corrected chi connectivity index (χ1v) is 7.02. The molecule has 0 saturated heterocycles. The molecule has 1 amide bonds. The number of likely N-dealkylation sites (N-methyl/N-ethyl adjacent to an activating group) is 1. The topological polar surface area (TPSA) is 32.3 Å². The van der Waals surface area contributed by atoms with Crippen LogP contribution in [0.2, 0.25) is 0 Å². The van der Waals surface area contributed by atoms with Crippen molar-refractivity contribution in [1.82, 2.24) is 10.2 Å². The molecule has 1 aromatic rings. The highest BCUT2D eigenvalue weighted by Gasteiger charge is 2.18. The number of halogens is 1. The predicted octanol–water partition coefficient (Wildman–Crippen LogP) is 2.84. The van der Waals surface area contributed by atoms with E-state index in [-0.39, 0.29) is 17.5 Å². The van der Waals surface area contributed by atoms with Crippen LogP contribution < -0.4 is 5.32 Å². The molecule has 3 nitrogen and oxygen atoms in total. The lowest BCUT2D eigenvalue weighted by Crippen LogP contribution is -2.42. The van der Waals surface area contributed by atoms with E-state index in [4.69, 9.17) is 0 Å². The van der Waals surface area contributed by atoms with E-state index >= 15 is 0 Å². The van der Waals surface area contributed by atoms with Crippen LogP contribution in [-0.2, 0) is 0 Å². The van der Waals surface area contributed by atoms with Gasteiger partial charge in [0.15, 0.2) is 0 Å². The Morgan fingerprint density at radius 1 is 1.35 bits per heavy atom. The van der Waals surface area contributed by atoms with Gasteiger partial charge in [-0.15, -0.1) is 0 Å². The molecule has 20 heavy (non-hydrogen) atoms. The van der Waals surface area contributed by atoms with E-state index in [0.29, 0.717) is 11.5 Å². The lowest BCUT2D eigenvalue weighted by Gasteiger charge is -2.24. The summed E-state index contributed by atoms with van der Waals surface area (Å²) in [6.07, 6.45) is 0.872. The monoisotopic (exact) mass is 280 g/mol. The van der Waals surface area contributed by atoms with Crippen LogP contribution in [0.4, 0.5) is 4.39 Å². The van der Waals surface area contributed by atoms with E-state index in [1.807, 2.05) is 19.0 Å². The largest absolute Gasteiger partial charge is 0.348 e. The molecule has 0 saturated carbocycles. The predicted molar refractivity (Wildman–Crippen MR) is 80.4 cm³/mol. The molecular weight excluding hydrogens is 255 g/mol. The molecule has 0 aliphatic carbocycles. The highest BCUT2D eigenvalue weighted by Crippen LogP contribution is 2.13. The van der Waals surface area contributed by atoms with Gasteiger partial charge >= 0.3 is 0 Å². The molecule has 4 heteroatoms. The summed E-state index contributed by atoms with van der Waals surface area (Å²) in [4.78, 5) is 14.2. The van der Waals surface area contributed by atoms with Gasteiger partial charge in [-0.3, -0.25) is 4.79 Å². The Morgan fingerprint density at radius 2 is 2.00 bits per heavy atom. The van der Waals surface area contributed by atoms with Crippen LogP contribution in [0.15, 0.2) is 18.2 Å². The van der Waals surface area contributed by atoms with Gasteiger partial charge in [0.2, 0.25) is 0 Å². The number of nitrogens with zero attached hydrogens (tertiary/aromatic N) is 1. The number of amides is 1. The maximum Gasteiger partial charge on any atom is 0.254 e. The zero-order valence-corrected chi connectivity index (χ0v) is 13.0. The Kier molecular flexibility index (Phi) is 6.14. The number of carbonyl (C=O) groups is 1. The minimum absolute atomic E-state index is 0.0254. The molecule has 0 aromatic heterocycles. The third kappa shape index (κ3) is 4.93. The van der Waals surface area contributed by atoms with Crippen LogP contribution in [-0.4, -0.2) is 37.5 Å². The number of rotatable bonds is 6. The summed E-state index contributed by atoms with van der Waals surface area (Å²) in [5.74, 6) is -0.292. The van der Waals surface area contributed by atoms with Gasteiger partial charge in [-0.2, -0.15) is 0 Å². The zero-order valence-electron chi connectivity index (χ0n) is 13.0. The van der Waals surface area contributed by atoms with Gasteiger partial charge in [0.1, 0.15) is 5.82 Å². The fourth-order valence-corrected chi connectivity index (χ4v) is 2.27. The maximum absolute atomic E-state index is 14.0. The molecule has 1 atom stereocenters. The second kappa shape index (κ2) is 7.39. The van der Waals surface area contributed by atoms with Gasteiger partial charge in [0.25, 0.3) is 5.91 Å². The number of nitrogens with one attached hydrogen (secondary N) is 1. The van der Waals surface area contributed by atoms with E-state index in [1.165, 1.54) is 6.07 Å². The number of carbonyl (C=O) groups excluding carboxylic acids is 1. The van der Waals surface area contributed by atoms with Crippen LogP contribution in [0.3, 0.4) is 0 Å². The molecule has 0 fully saturated rings. The Balaban J connectivity index is 2.81. The highest BCUT2D eigenvalue weighted by atomic mass is 19.1. The van der Waals surface area contributed by atoms with Crippen molar-refractivity contribution in [3.63, 3.8) is 0 Å². The number of hydrogen-bond donors (Lipinski definition) is 1. The van der Waals surface area contributed by atoms with Crippen LogP contribution in [0.1, 0.15) is 36.2 Å². The normalized spacial score (nSPS) is 12.8. The summed E-state index contributed by atoms with van der Waals surface area (Å²) in [6.45, 7) is 6.64. The smallest absolute Gasteiger partial charge is 0.254 e. The highest BCUT2D eigenvalue weighted by molar-refractivity contribution is 5.94. The Morgan fingerprint density at radius 3 is 2.55 bits per heavy atom. The first-order chi connectivity index (χ1) is 9.31. The Labute approximate surface area is 121 Å². The molecule has 0 spiro atoms. The molecule has 0 heterocycles. The fourth-order valence-electron chi connectivity index (χ4n) is 2.27. The van der Waals surface area contributed by atoms with Crippen molar-refractivity contribution < 1.29 is 9.18 Å². The fraction of sp³-hybridized carbons (Fsp3) is 0.562. The van der Waals surface area contributed by atoms with E-state index in [1.54, 1.807) is 19.1 Å². The van der Waals surface area contributed by atoms with Crippen molar-refractivity contribution in [2.24, 2.45) is 5.92 Å². The lowest BCUT2D eigenvalue weighted by atomic mass is 10.0. The minimum atomic E-state index is -0.432. The summed E-state index contributed by atoms with van der Waals surface area (Å²) in [5, 5.41) is 2.94. The molecule has 0 aliphatic rings. The molecule has 0 radical (unpaired) electrons. The van der Waals surface area contributed by atoms with Gasteiger partial charge in [0, 0.05) is 12.6 Å². The van der Waals surface area contributed by atoms with Crippen molar-refractivity contribution in [3.8, 4) is 0 Å². The summed E-state index contributed by atoms with van der Waals surface area (Å²) in [5.41, 5.74) is 0.614. The van der Waals surface area contributed by atoms with E-state index < -0.39 is 5.82 Å². The van der Waals surface area contributed by atoms with Gasteiger partial charge in [0.05, 0.1) is 5.56 Å². The third-order valence-electron chi connectivity index (χ3n) is 3.11. The van der Waals surface area contributed by atoms with Crippen molar-refractivity contribution in [2.45, 2.75) is 33.2 Å². The molecule has 0 aliphatic heterocycles. The number of aryl methyl sites for hydroxylation is 1. The summed E-state index contributed by atoms with van der Waals surface area (Å²) >= 11 is 0. The second-order valence-corrected chi connectivity index (χ2v) is 6.00. The van der Waals surface area contributed by atoms with Gasteiger partial charge in [-0.05, 0) is 45.0 Å². The molecule has 1 rings (SSSR count).